The van der Waals surface area contributed by atoms with Crippen LogP contribution in [-0.2, 0) is 0 Å². The molecule has 0 bridgehead atoms. The minimum Gasteiger partial charge on any atom is -0.508 e. The quantitative estimate of drug-likeness (QED) is 0.700. The number of hydrogen-bond acceptors (Lipinski definition) is 2. The second kappa shape index (κ2) is 6.08. The van der Waals surface area contributed by atoms with E-state index in [1.54, 1.807) is 36.5 Å². The van der Waals surface area contributed by atoms with Crippen LogP contribution in [0, 0.1) is 19.7 Å². The lowest BCUT2D eigenvalue weighted by molar-refractivity contribution is 0.475. The molecule has 0 fully saturated rings. The SMILES string of the molecule is Cc1cc(C=Nc2cccc(O)c2)c(C)n1-c1ccc(F)cc1. The summed E-state index contributed by atoms with van der Waals surface area (Å²) in [7, 11) is 0. The van der Waals surface area contributed by atoms with E-state index in [0.717, 1.165) is 22.6 Å². The Morgan fingerprint density at radius 2 is 1.78 bits per heavy atom. The summed E-state index contributed by atoms with van der Waals surface area (Å²) in [5.41, 5.74) is 4.66. The smallest absolute Gasteiger partial charge is 0.123 e. The molecule has 0 aliphatic heterocycles. The topological polar surface area (TPSA) is 37.5 Å². The second-order valence-electron chi connectivity index (χ2n) is 5.42. The third kappa shape index (κ3) is 3.16. The summed E-state index contributed by atoms with van der Waals surface area (Å²) in [6, 6.07) is 15.2. The van der Waals surface area contributed by atoms with Gasteiger partial charge >= 0.3 is 0 Å². The van der Waals surface area contributed by atoms with Crippen molar-refractivity contribution in [2.75, 3.05) is 0 Å². The molecule has 0 amide bonds. The summed E-state index contributed by atoms with van der Waals surface area (Å²) in [6.07, 6.45) is 1.77. The van der Waals surface area contributed by atoms with E-state index in [1.165, 1.54) is 12.1 Å². The summed E-state index contributed by atoms with van der Waals surface area (Å²) >= 11 is 0. The molecule has 2 aromatic carbocycles. The summed E-state index contributed by atoms with van der Waals surface area (Å²) in [5, 5.41) is 9.48. The van der Waals surface area contributed by atoms with Gasteiger partial charge in [0.2, 0.25) is 0 Å². The molecule has 0 atom stereocenters. The van der Waals surface area contributed by atoms with Crippen molar-refractivity contribution in [3.8, 4) is 11.4 Å². The third-order valence-electron chi connectivity index (χ3n) is 3.74. The number of aromatic nitrogens is 1. The number of halogens is 1. The Bertz CT molecular complexity index is 864. The summed E-state index contributed by atoms with van der Waals surface area (Å²) < 4.78 is 15.2. The van der Waals surface area contributed by atoms with Crippen molar-refractivity contribution in [3.05, 3.63) is 77.4 Å². The van der Waals surface area contributed by atoms with Gasteiger partial charge in [-0.1, -0.05) is 6.07 Å². The van der Waals surface area contributed by atoms with Gasteiger partial charge in [-0.25, -0.2) is 4.39 Å². The summed E-state index contributed by atoms with van der Waals surface area (Å²) in [6.45, 7) is 4.00. The van der Waals surface area contributed by atoms with E-state index in [0.29, 0.717) is 5.69 Å². The molecule has 0 saturated carbocycles. The van der Waals surface area contributed by atoms with E-state index < -0.39 is 0 Å². The van der Waals surface area contributed by atoms with Gasteiger partial charge in [-0.15, -0.1) is 0 Å². The molecular formula is C19H17FN2O. The molecule has 1 heterocycles. The fourth-order valence-corrected chi connectivity index (χ4v) is 2.62. The number of hydrogen-bond donors (Lipinski definition) is 1. The van der Waals surface area contributed by atoms with Crippen molar-refractivity contribution < 1.29 is 9.50 Å². The highest BCUT2D eigenvalue weighted by Crippen LogP contribution is 2.22. The maximum Gasteiger partial charge on any atom is 0.123 e. The normalized spacial score (nSPS) is 11.3. The van der Waals surface area contributed by atoms with Crippen LogP contribution in [0.2, 0.25) is 0 Å². The molecule has 3 aromatic rings. The molecule has 0 spiro atoms. The first-order valence-corrected chi connectivity index (χ1v) is 7.32. The average molecular weight is 308 g/mol. The predicted octanol–water partition coefficient (Wildman–Crippen LogP) is 4.69. The molecule has 0 saturated heterocycles. The molecule has 3 nitrogen and oxygen atoms in total. The summed E-state index contributed by atoms with van der Waals surface area (Å²) in [4.78, 5) is 4.40. The molecule has 4 heteroatoms. The van der Waals surface area contributed by atoms with E-state index in [4.69, 9.17) is 0 Å². The summed E-state index contributed by atoms with van der Waals surface area (Å²) in [5.74, 6) is -0.0571. The van der Waals surface area contributed by atoms with Gasteiger partial charge in [-0.05, 0) is 56.3 Å². The van der Waals surface area contributed by atoms with Crippen molar-refractivity contribution in [2.45, 2.75) is 13.8 Å². The van der Waals surface area contributed by atoms with Gasteiger partial charge in [0.05, 0.1) is 5.69 Å². The third-order valence-corrected chi connectivity index (χ3v) is 3.74. The highest BCUT2D eigenvalue weighted by molar-refractivity contribution is 5.84. The Kier molecular flexibility index (Phi) is 3.98. The zero-order valence-corrected chi connectivity index (χ0v) is 13.0. The number of aromatic hydroxyl groups is 1. The van der Waals surface area contributed by atoms with Crippen LogP contribution in [0.15, 0.2) is 59.6 Å². The number of phenolic OH excluding ortho intramolecular Hbond substituents is 1. The van der Waals surface area contributed by atoms with Crippen LogP contribution in [0.3, 0.4) is 0 Å². The van der Waals surface area contributed by atoms with Crippen LogP contribution in [0.4, 0.5) is 10.1 Å². The van der Waals surface area contributed by atoms with Crippen molar-refractivity contribution >= 4 is 11.9 Å². The molecule has 0 aliphatic rings. The lowest BCUT2D eigenvalue weighted by Gasteiger charge is -2.09. The maximum atomic E-state index is 13.1. The first-order chi connectivity index (χ1) is 11.0. The van der Waals surface area contributed by atoms with Gasteiger partial charge in [0.1, 0.15) is 11.6 Å². The lowest BCUT2D eigenvalue weighted by Crippen LogP contribution is -1.99. The first kappa shape index (κ1) is 15.0. The predicted molar refractivity (Wildman–Crippen MR) is 90.6 cm³/mol. The van der Waals surface area contributed by atoms with Gasteiger partial charge in [0.15, 0.2) is 0 Å². The largest absolute Gasteiger partial charge is 0.508 e. The molecule has 3 rings (SSSR count). The van der Waals surface area contributed by atoms with Gasteiger partial charge in [-0.2, -0.15) is 0 Å². The van der Waals surface area contributed by atoms with Crippen LogP contribution >= 0.6 is 0 Å². The van der Waals surface area contributed by atoms with Crippen LogP contribution in [0.25, 0.3) is 5.69 Å². The Hall–Kier alpha value is -2.88. The minimum absolute atomic E-state index is 0.191. The molecule has 0 radical (unpaired) electrons. The highest BCUT2D eigenvalue weighted by Gasteiger charge is 2.09. The Labute approximate surface area is 134 Å². The zero-order chi connectivity index (χ0) is 16.4. The fourth-order valence-electron chi connectivity index (χ4n) is 2.62. The van der Waals surface area contributed by atoms with E-state index in [-0.39, 0.29) is 11.6 Å². The van der Waals surface area contributed by atoms with Crippen LogP contribution in [0.5, 0.6) is 5.75 Å². The van der Waals surface area contributed by atoms with Gasteiger partial charge in [0, 0.05) is 34.9 Å². The molecule has 0 aliphatic carbocycles. The molecule has 0 unspecified atom stereocenters. The van der Waals surface area contributed by atoms with E-state index in [9.17, 15) is 9.50 Å². The van der Waals surface area contributed by atoms with Crippen LogP contribution in [0.1, 0.15) is 17.0 Å². The van der Waals surface area contributed by atoms with Crippen molar-refractivity contribution in [1.82, 2.24) is 4.57 Å². The number of phenols is 1. The van der Waals surface area contributed by atoms with E-state index in [2.05, 4.69) is 9.56 Å². The van der Waals surface area contributed by atoms with Gasteiger partial charge in [-0.3, -0.25) is 4.99 Å². The highest BCUT2D eigenvalue weighted by atomic mass is 19.1. The number of aliphatic imine (C=N–C) groups is 1. The fraction of sp³-hybridized carbons (Fsp3) is 0.105. The lowest BCUT2D eigenvalue weighted by atomic mass is 10.2. The molecular weight excluding hydrogens is 291 g/mol. The molecule has 116 valence electrons. The molecule has 23 heavy (non-hydrogen) atoms. The van der Waals surface area contributed by atoms with Crippen molar-refractivity contribution in [2.24, 2.45) is 4.99 Å². The maximum absolute atomic E-state index is 13.1. The second-order valence-corrected chi connectivity index (χ2v) is 5.42. The number of rotatable bonds is 3. The standard InChI is InChI=1S/C19H17FN2O/c1-13-10-15(12-21-17-4-3-5-19(23)11-17)14(2)22(13)18-8-6-16(20)7-9-18/h3-12,23H,1-2H3. The van der Waals surface area contributed by atoms with E-state index in [1.807, 2.05) is 26.0 Å². The molecule has 1 N–H and O–H groups in total. The zero-order valence-electron chi connectivity index (χ0n) is 13.0. The average Bonchev–Trinajstić information content (AvgIpc) is 2.81. The Morgan fingerprint density at radius 3 is 2.48 bits per heavy atom. The monoisotopic (exact) mass is 308 g/mol. The number of nitrogens with zero attached hydrogens (tertiary/aromatic N) is 2. The first-order valence-electron chi connectivity index (χ1n) is 7.32. The Morgan fingerprint density at radius 1 is 1.04 bits per heavy atom. The molecule has 1 aromatic heterocycles. The van der Waals surface area contributed by atoms with Gasteiger partial charge < -0.3 is 9.67 Å². The van der Waals surface area contributed by atoms with Crippen LogP contribution < -0.4 is 0 Å². The Balaban J connectivity index is 1.96. The van der Waals surface area contributed by atoms with Gasteiger partial charge in [0.25, 0.3) is 0 Å². The van der Waals surface area contributed by atoms with Crippen molar-refractivity contribution in [3.63, 3.8) is 0 Å². The van der Waals surface area contributed by atoms with E-state index >= 15 is 0 Å². The number of aryl methyl sites for hydroxylation is 1. The number of benzene rings is 2. The minimum atomic E-state index is -0.248. The van der Waals surface area contributed by atoms with Crippen LogP contribution in [-0.4, -0.2) is 15.9 Å². The van der Waals surface area contributed by atoms with Crippen molar-refractivity contribution in [1.29, 1.82) is 0 Å².